The Kier molecular flexibility index (Phi) is 4.55. The van der Waals surface area contributed by atoms with E-state index in [0.29, 0.717) is 5.71 Å². The molecule has 2 aromatic rings. The van der Waals surface area contributed by atoms with Crippen molar-refractivity contribution >= 4 is 39.3 Å². The zero-order valence-electron chi connectivity index (χ0n) is 12.4. The van der Waals surface area contributed by atoms with Gasteiger partial charge in [-0.25, -0.2) is 0 Å². The normalized spacial score (nSPS) is 16.2. The average Bonchev–Trinajstić information content (AvgIpc) is 3.04. The summed E-state index contributed by atoms with van der Waals surface area (Å²) in [6.07, 6.45) is 0. The summed E-state index contributed by atoms with van der Waals surface area (Å²) in [4.78, 5) is 5.74. The van der Waals surface area contributed by atoms with Gasteiger partial charge in [-0.05, 0) is 37.3 Å². The second-order valence-corrected chi connectivity index (χ2v) is 6.78. The van der Waals surface area contributed by atoms with Gasteiger partial charge in [-0.15, -0.1) is 11.3 Å². The van der Waals surface area contributed by atoms with Crippen molar-refractivity contribution in [1.82, 2.24) is 0 Å². The maximum Gasteiger partial charge on any atom is 0.0937 e. The highest BCUT2D eigenvalue weighted by Gasteiger charge is 2.19. The molecule has 0 spiro atoms. The first kappa shape index (κ1) is 15.2. The third-order valence-electron chi connectivity index (χ3n) is 3.86. The lowest BCUT2D eigenvalue weighted by Gasteiger charge is -2.36. The Bertz CT molecular complexity index is 678. The number of rotatable bonds is 3. The van der Waals surface area contributed by atoms with E-state index in [1.165, 1.54) is 10.7 Å². The van der Waals surface area contributed by atoms with E-state index < -0.39 is 0 Å². The zero-order valence-corrected chi connectivity index (χ0v) is 13.9. The van der Waals surface area contributed by atoms with Gasteiger partial charge in [0.05, 0.1) is 15.6 Å². The molecule has 1 N–H and O–H groups in total. The Labute approximate surface area is 139 Å². The second-order valence-electron chi connectivity index (χ2n) is 5.28. The second kappa shape index (κ2) is 6.58. The summed E-state index contributed by atoms with van der Waals surface area (Å²) in [5.41, 5.74) is 1.84. The minimum absolute atomic E-state index is 0.661. The predicted octanol–water partition coefficient (Wildman–Crippen LogP) is 3.93. The SMILES string of the molecule is C/C(=N/O)c1ccc(N2CCN(c3cccc(Cl)c3)CC2)s1. The molecule has 1 saturated heterocycles. The molecule has 0 radical (unpaired) electrons. The number of piperazine rings is 1. The zero-order chi connectivity index (χ0) is 15.5. The highest BCUT2D eigenvalue weighted by Crippen LogP contribution is 2.28. The highest BCUT2D eigenvalue weighted by molar-refractivity contribution is 7.18. The molecule has 0 atom stereocenters. The predicted molar refractivity (Wildman–Crippen MR) is 94.2 cm³/mol. The van der Waals surface area contributed by atoms with Gasteiger partial charge in [-0.3, -0.25) is 0 Å². The van der Waals surface area contributed by atoms with Crippen LogP contribution in [-0.2, 0) is 0 Å². The van der Waals surface area contributed by atoms with Crippen LogP contribution in [0, 0.1) is 0 Å². The summed E-state index contributed by atoms with van der Waals surface area (Å²) in [7, 11) is 0. The third-order valence-corrected chi connectivity index (χ3v) is 5.35. The Hall–Kier alpha value is -1.72. The molecule has 4 nitrogen and oxygen atoms in total. The first-order valence-corrected chi connectivity index (χ1v) is 8.41. The van der Waals surface area contributed by atoms with E-state index in [-0.39, 0.29) is 0 Å². The van der Waals surface area contributed by atoms with Gasteiger partial charge in [-0.2, -0.15) is 0 Å². The topological polar surface area (TPSA) is 39.1 Å². The van der Waals surface area contributed by atoms with Gasteiger partial charge in [0, 0.05) is 36.9 Å². The largest absolute Gasteiger partial charge is 0.411 e. The molecule has 6 heteroatoms. The number of hydrogen-bond acceptors (Lipinski definition) is 5. The summed E-state index contributed by atoms with van der Waals surface area (Å²) >= 11 is 7.73. The van der Waals surface area contributed by atoms with Crippen LogP contribution < -0.4 is 9.80 Å². The van der Waals surface area contributed by atoms with Gasteiger partial charge < -0.3 is 15.0 Å². The van der Waals surface area contributed by atoms with E-state index in [4.69, 9.17) is 16.8 Å². The fourth-order valence-electron chi connectivity index (χ4n) is 2.60. The lowest BCUT2D eigenvalue weighted by molar-refractivity contribution is 0.319. The van der Waals surface area contributed by atoms with Crippen LogP contribution in [0.15, 0.2) is 41.6 Å². The van der Waals surface area contributed by atoms with Gasteiger partial charge in [0.2, 0.25) is 0 Å². The van der Waals surface area contributed by atoms with Gasteiger partial charge in [-0.1, -0.05) is 22.8 Å². The molecule has 0 unspecified atom stereocenters. The van der Waals surface area contributed by atoms with Crippen molar-refractivity contribution in [2.24, 2.45) is 5.16 Å². The molecule has 0 saturated carbocycles. The number of thiophene rings is 1. The van der Waals surface area contributed by atoms with E-state index >= 15 is 0 Å². The van der Waals surface area contributed by atoms with Crippen LogP contribution >= 0.6 is 22.9 Å². The van der Waals surface area contributed by atoms with Crippen LogP contribution in [0.4, 0.5) is 10.7 Å². The molecule has 22 heavy (non-hydrogen) atoms. The van der Waals surface area contributed by atoms with E-state index in [0.717, 1.165) is 36.1 Å². The fourth-order valence-corrected chi connectivity index (χ4v) is 3.78. The van der Waals surface area contributed by atoms with E-state index in [2.05, 4.69) is 27.1 Å². The average molecular weight is 336 g/mol. The molecule has 1 fully saturated rings. The van der Waals surface area contributed by atoms with Crippen molar-refractivity contribution in [3.05, 3.63) is 46.3 Å². The summed E-state index contributed by atoms with van der Waals surface area (Å²) in [6, 6.07) is 12.1. The molecule has 1 aliphatic heterocycles. The maximum absolute atomic E-state index is 8.85. The molecule has 1 aliphatic rings. The van der Waals surface area contributed by atoms with Gasteiger partial charge in [0.1, 0.15) is 0 Å². The van der Waals surface area contributed by atoms with E-state index in [9.17, 15) is 0 Å². The van der Waals surface area contributed by atoms with Crippen LogP contribution in [0.2, 0.25) is 5.02 Å². The first-order chi connectivity index (χ1) is 10.7. The Morgan fingerprint density at radius 2 is 1.86 bits per heavy atom. The molecule has 3 rings (SSSR count). The van der Waals surface area contributed by atoms with Crippen LogP contribution in [0.5, 0.6) is 0 Å². The minimum Gasteiger partial charge on any atom is -0.411 e. The first-order valence-electron chi connectivity index (χ1n) is 7.22. The summed E-state index contributed by atoms with van der Waals surface area (Å²) in [5.74, 6) is 0. The maximum atomic E-state index is 8.85. The molecule has 116 valence electrons. The van der Waals surface area contributed by atoms with Crippen molar-refractivity contribution in [3.63, 3.8) is 0 Å². The van der Waals surface area contributed by atoms with Crippen LogP contribution in [0.3, 0.4) is 0 Å². The Morgan fingerprint density at radius 3 is 2.55 bits per heavy atom. The Morgan fingerprint density at radius 1 is 1.14 bits per heavy atom. The number of oxime groups is 1. The lowest BCUT2D eigenvalue weighted by atomic mass is 10.2. The number of nitrogens with zero attached hydrogens (tertiary/aromatic N) is 3. The quantitative estimate of drug-likeness (QED) is 0.525. The van der Waals surface area contributed by atoms with Gasteiger partial charge >= 0.3 is 0 Å². The molecule has 0 aliphatic carbocycles. The van der Waals surface area contributed by atoms with Crippen molar-refractivity contribution in [3.8, 4) is 0 Å². The van der Waals surface area contributed by atoms with Crippen molar-refractivity contribution in [2.45, 2.75) is 6.92 Å². The van der Waals surface area contributed by atoms with Crippen molar-refractivity contribution in [1.29, 1.82) is 0 Å². The van der Waals surface area contributed by atoms with Crippen molar-refractivity contribution in [2.75, 3.05) is 36.0 Å². The number of hydrogen-bond donors (Lipinski definition) is 1. The van der Waals surface area contributed by atoms with Gasteiger partial charge in [0.25, 0.3) is 0 Å². The molecular formula is C16H18ClN3OS. The third kappa shape index (κ3) is 3.20. The molecule has 1 aromatic carbocycles. The molecule has 0 bridgehead atoms. The number of halogens is 1. The van der Waals surface area contributed by atoms with Crippen molar-refractivity contribution < 1.29 is 5.21 Å². The molecule has 2 heterocycles. The monoisotopic (exact) mass is 335 g/mol. The van der Waals surface area contributed by atoms with Crippen LogP contribution in [-0.4, -0.2) is 37.1 Å². The fraction of sp³-hybridized carbons (Fsp3) is 0.312. The van der Waals surface area contributed by atoms with Crippen LogP contribution in [0.25, 0.3) is 0 Å². The Balaban J connectivity index is 1.65. The van der Waals surface area contributed by atoms with E-state index in [1.807, 2.05) is 31.2 Å². The lowest BCUT2D eigenvalue weighted by Crippen LogP contribution is -2.46. The summed E-state index contributed by atoms with van der Waals surface area (Å²) in [5, 5.41) is 14.1. The minimum atomic E-state index is 0.661. The molecular weight excluding hydrogens is 318 g/mol. The smallest absolute Gasteiger partial charge is 0.0937 e. The molecule has 0 amide bonds. The highest BCUT2D eigenvalue weighted by atomic mass is 35.5. The number of anilines is 2. The molecule has 1 aromatic heterocycles. The summed E-state index contributed by atoms with van der Waals surface area (Å²) < 4.78 is 0. The van der Waals surface area contributed by atoms with Gasteiger partial charge in [0.15, 0.2) is 0 Å². The standard InChI is InChI=1S/C16H18ClN3OS/c1-12(18-21)15-5-6-16(22-15)20-9-7-19(8-10-20)14-4-2-3-13(17)11-14/h2-6,11,21H,7-10H2,1H3/b18-12-. The van der Waals surface area contributed by atoms with E-state index in [1.54, 1.807) is 11.3 Å². The van der Waals surface area contributed by atoms with Crippen LogP contribution in [0.1, 0.15) is 11.8 Å². The number of benzene rings is 1. The summed E-state index contributed by atoms with van der Waals surface area (Å²) in [6.45, 7) is 5.71.